The van der Waals surface area contributed by atoms with Gasteiger partial charge < -0.3 is 15.0 Å². The van der Waals surface area contributed by atoms with Gasteiger partial charge in [0, 0.05) is 37.1 Å². The van der Waals surface area contributed by atoms with E-state index in [2.05, 4.69) is 10.3 Å². The number of carbonyl (C=O) groups is 2. The standard InChI is InChI=1S/C24H30N4O3/c1-17-3-8-20(9-4-17)28-14-13-27(24(28)30)16-22(29)26-19-6-10-21(11-7-19)31-23-12-5-18(2)15-25-23/h3-5,8-9,12,15,19,21H,6-7,10-11,13-14,16H2,1-2H3,(H,26,29). The highest BCUT2D eigenvalue weighted by atomic mass is 16.5. The number of amides is 3. The maximum absolute atomic E-state index is 12.7. The summed E-state index contributed by atoms with van der Waals surface area (Å²) in [5, 5.41) is 3.10. The molecule has 0 spiro atoms. The highest BCUT2D eigenvalue weighted by Gasteiger charge is 2.31. The fraction of sp³-hybridized carbons (Fsp3) is 0.458. The predicted molar refractivity (Wildman–Crippen MR) is 119 cm³/mol. The summed E-state index contributed by atoms with van der Waals surface area (Å²) in [4.78, 5) is 32.9. The number of ether oxygens (including phenoxy) is 1. The lowest BCUT2D eigenvalue weighted by atomic mass is 9.93. The van der Waals surface area contributed by atoms with E-state index in [1.165, 1.54) is 0 Å². The van der Waals surface area contributed by atoms with Gasteiger partial charge in [-0.1, -0.05) is 23.8 Å². The number of pyridine rings is 1. The van der Waals surface area contributed by atoms with Gasteiger partial charge in [-0.2, -0.15) is 0 Å². The Morgan fingerprint density at radius 2 is 1.74 bits per heavy atom. The minimum absolute atomic E-state index is 0.0938. The number of rotatable bonds is 6. The van der Waals surface area contributed by atoms with E-state index in [-0.39, 0.29) is 30.6 Å². The van der Waals surface area contributed by atoms with E-state index in [0.717, 1.165) is 42.5 Å². The molecule has 1 saturated heterocycles. The van der Waals surface area contributed by atoms with Crippen LogP contribution in [0.1, 0.15) is 36.8 Å². The molecule has 1 aromatic carbocycles. The molecule has 31 heavy (non-hydrogen) atoms. The monoisotopic (exact) mass is 422 g/mol. The van der Waals surface area contributed by atoms with Crippen molar-refractivity contribution in [1.29, 1.82) is 0 Å². The lowest BCUT2D eigenvalue weighted by Crippen LogP contribution is -2.45. The lowest BCUT2D eigenvalue weighted by Gasteiger charge is -2.29. The highest BCUT2D eigenvalue weighted by Crippen LogP contribution is 2.24. The number of anilines is 1. The number of aryl methyl sites for hydroxylation is 2. The van der Waals surface area contributed by atoms with E-state index < -0.39 is 0 Å². The third kappa shape index (κ3) is 5.34. The molecule has 164 valence electrons. The third-order valence-corrected chi connectivity index (χ3v) is 5.99. The van der Waals surface area contributed by atoms with Crippen molar-refractivity contribution < 1.29 is 14.3 Å². The van der Waals surface area contributed by atoms with Crippen molar-refractivity contribution in [2.75, 3.05) is 24.5 Å². The molecule has 2 heterocycles. The van der Waals surface area contributed by atoms with Gasteiger partial charge in [0.05, 0.1) is 0 Å². The van der Waals surface area contributed by atoms with Gasteiger partial charge in [0.2, 0.25) is 11.8 Å². The molecule has 0 atom stereocenters. The number of carbonyl (C=O) groups excluding carboxylic acids is 2. The Bertz CT molecular complexity index is 905. The molecule has 2 aliphatic rings. The molecule has 2 aromatic rings. The number of urea groups is 1. The van der Waals surface area contributed by atoms with E-state index in [1.807, 2.05) is 50.2 Å². The van der Waals surface area contributed by atoms with Crippen LogP contribution in [0, 0.1) is 13.8 Å². The third-order valence-electron chi connectivity index (χ3n) is 5.99. The molecule has 2 fully saturated rings. The number of benzene rings is 1. The summed E-state index contributed by atoms with van der Waals surface area (Å²) in [6, 6.07) is 11.8. The van der Waals surface area contributed by atoms with Crippen LogP contribution in [0.15, 0.2) is 42.6 Å². The van der Waals surface area contributed by atoms with E-state index in [1.54, 1.807) is 16.0 Å². The van der Waals surface area contributed by atoms with Crippen molar-refractivity contribution in [2.45, 2.75) is 51.7 Å². The molecule has 3 amide bonds. The van der Waals surface area contributed by atoms with Crippen LogP contribution >= 0.6 is 0 Å². The first-order valence-electron chi connectivity index (χ1n) is 11.0. The zero-order valence-electron chi connectivity index (χ0n) is 18.2. The second-order valence-electron chi connectivity index (χ2n) is 8.52. The SMILES string of the molecule is Cc1ccc(N2CCN(CC(=O)NC3CCC(Oc4ccc(C)cn4)CC3)C2=O)cc1. The maximum Gasteiger partial charge on any atom is 0.325 e. The van der Waals surface area contributed by atoms with Crippen molar-refractivity contribution in [3.05, 3.63) is 53.7 Å². The van der Waals surface area contributed by atoms with Crippen molar-refractivity contribution in [1.82, 2.24) is 15.2 Å². The van der Waals surface area contributed by atoms with Crippen LogP contribution in [-0.2, 0) is 4.79 Å². The molecule has 1 aromatic heterocycles. The quantitative estimate of drug-likeness (QED) is 0.774. The van der Waals surface area contributed by atoms with Crippen LogP contribution in [0.25, 0.3) is 0 Å². The van der Waals surface area contributed by atoms with Gasteiger partial charge in [-0.05, 0) is 57.2 Å². The first-order valence-corrected chi connectivity index (χ1v) is 11.0. The van der Waals surface area contributed by atoms with E-state index in [0.29, 0.717) is 19.0 Å². The molecule has 1 N–H and O–H groups in total. The molecule has 1 saturated carbocycles. The second-order valence-corrected chi connectivity index (χ2v) is 8.52. The summed E-state index contributed by atoms with van der Waals surface area (Å²) in [6.07, 6.45) is 5.43. The summed E-state index contributed by atoms with van der Waals surface area (Å²) in [6.45, 7) is 5.28. The molecule has 0 bridgehead atoms. The van der Waals surface area contributed by atoms with Gasteiger partial charge in [-0.25, -0.2) is 9.78 Å². The van der Waals surface area contributed by atoms with Crippen LogP contribution < -0.4 is 15.0 Å². The first kappa shape index (κ1) is 21.2. The molecule has 4 rings (SSSR count). The summed E-state index contributed by atoms with van der Waals surface area (Å²) in [7, 11) is 0. The molecule has 0 unspecified atom stereocenters. The zero-order valence-corrected chi connectivity index (χ0v) is 18.2. The summed E-state index contributed by atoms with van der Waals surface area (Å²) < 4.78 is 5.96. The summed E-state index contributed by atoms with van der Waals surface area (Å²) in [5.74, 6) is 0.562. The number of hydrogen-bond donors (Lipinski definition) is 1. The van der Waals surface area contributed by atoms with E-state index >= 15 is 0 Å². The van der Waals surface area contributed by atoms with Gasteiger partial charge in [0.1, 0.15) is 12.6 Å². The Hall–Kier alpha value is -3.09. The Kier molecular flexibility index (Phi) is 6.39. The zero-order chi connectivity index (χ0) is 21.8. The summed E-state index contributed by atoms with van der Waals surface area (Å²) in [5.41, 5.74) is 3.14. The molecular weight excluding hydrogens is 392 g/mol. The minimum Gasteiger partial charge on any atom is -0.474 e. The lowest BCUT2D eigenvalue weighted by molar-refractivity contribution is -0.122. The predicted octanol–water partition coefficient (Wildman–Crippen LogP) is 3.45. The van der Waals surface area contributed by atoms with Crippen molar-refractivity contribution in [2.24, 2.45) is 0 Å². The molecule has 7 nitrogen and oxygen atoms in total. The normalized spacial score (nSPS) is 21.3. The van der Waals surface area contributed by atoms with Crippen molar-refractivity contribution in [3.8, 4) is 5.88 Å². The number of hydrogen-bond acceptors (Lipinski definition) is 4. The minimum atomic E-state index is -0.110. The molecule has 1 aliphatic heterocycles. The first-order chi connectivity index (χ1) is 15.0. The van der Waals surface area contributed by atoms with Gasteiger partial charge >= 0.3 is 6.03 Å². The van der Waals surface area contributed by atoms with E-state index in [9.17, 15) is 9.59 Å². The van der Waals surface area contributed by atoms with Crippen LogP contribution in [0.3, 0.4) is 0 Å². The molecular formula is C24H30N4O3. The van der Waals surface area contributed by atoms with Crippen LogP contribution in [-0.4, -0.2) is 53.6 Å². The van der Waals surface area contributed by atoms with E-state index in [4.69, 9.17) is 4.74 Å². The number of nitrogens with zero attached hydrogens (tertiary/aromatic N) is 3. The van der Waals surface area contributed by atoms with Crippen molar-refractivity contribution >= 4 is 17.6 Å². The number of aromatic nitrogens is 1. The Morgan fingerprint density at radius 3 is 2.42 bits per heavy atom. The second kappa shape index (κ2) is 9.37. The Balaban J connectivity index is 1.21. The van der Waals surface area contributed by atoms with Gasteiger partial charge in [-0.15, -0.1) is 0 Å². The molecule has 0 radical (unpaired) electrons. The van der Waals surface area contributed by atoms with Crippen LogP contribution in [0.4, 0.5) is 10.5 Å². The Morgan fingerprint density at radius 1 is 1.03 bits per heavy atom. The molecule has 1 aliphatic carbocycles. The topological polar surface area (TPSA) is 74.8 Å². The molecule has 7 heteroatoms. The maximum atomic E-state index is 12.7. The average molecular weight is 423 g/mol. The van der Waals surface area contributed by atoms with Gasteiger partial charge in [0.25, 0.3) is 0 Å². The van der Waals surface area contributed by atoms with Gasteiger partial charge in [-0.3, -0.25) is 9.69 Å². The largest absolute Gasteiger partial charge is 0.474 e. The Labute approximate surface area is 183 Å². The van der Waals surface area contributed by atoms with Gasteiger partial charge in [0.15, 0.2) is 0 Å². The fourth-order valence-corrected chi connectivity index (χ4v) is 4.16. The average Bonchev–Trinajstić information content (AvgIpc) is 3.12. The van der Waals surface area contributed by atoms with Crippen molar-refractivity contribution in [3.63, 3.8) is 0 Å². The summed E-state index contributed by atoms with van der Waals surface area (Å²) >= 11 is 0. The highest BCUT2D eigenvalue weighted by molar-refractivity contribution is 5.96. The smallest absolute Gasteiger partial charge is 0.325 e. The van der Waals surface area contributed by atoms with Crippen LogP contribution in [0.5, 0.6) is 5.88 Å². The fourth-order valence-electron chi connectivity index (χ4n) is 4.16. The number of nitrogens with one attached hydrogen (secondary N) is 1. The van der Waals surface area contributed by atoms with Crippen LogP contribution in [0.2, 0.25) is 0 Å².